The van der Waals surface area contributed by atoms with E-state index in [1.165, 1.54) is 0 Å². The minimum atomic E-state index is -0.794. The van der Waals surface area contributed by atoms with Crippen LogP contribution in [0.4, 0.5) is 0 Å². The van der Waals surface area contributed by atoms with Gasteiger partial charge in [0.2, 0.25) is 5.91 Å². The first-order valence-electron chi connectivity index (χ1n) is 7.36. The molecule has 0 atom stereocenters. The zero-order valence-corrected chi connectivity index (χ0v) is 13.2. The highest BCUT2D eigenvalue weighted by Gasteiger charge is 2.64. The van der Waals surface area contributed by atoms with Crippen LogP contribution < -0.4 is 11.1 Å². The Labute approximate surface area is 121 Å². The second-order valence-electron chi connectivity index (χ2n) is 7.79. The Balaban J connectivity index is 1.99. The zero-order chi connectivity index (χ0) is 15.3. The van der Waals surface area contributed by atoms with Crippen LogP contribution in [-0.2, 0) is 4.79 Å². The van der Waals surface area contributed by atoms with Crippen LogP contribution in [0.3, 0.4) is 0 Å². The van der Waals surface area contributed by atoms with Crippen molar-refractivity contribution in [3.05, 3.63) is 0 Å². The Hall–Kier alpha value is -1.26. The van der Waals surface area contributed by atoms with Crippen molar-refractivity contribution in [1.29, 1.82) is 0 Å². The fraction of sp³-hybridized carbons (Fsp3) is 0.867. The molecule has 0 heterocycles. The number of oxime groups is 1. The third-order valence-corrected chi connectivity index (χ3v) is 6.21. The number of nitrogens with zero attached hydrogens (tertiary/aromatic N) is 1. The van der Waals surface area contributed by atoms with E-state index >= 15 is 0 Å². The Bertz CT molecular complexity index is 434. The van der Waals surface area contributed by atoms with Gasteiger partial charge in [0.1, 0.15) is 5.41 Å². The SMILES string of the molecule is CC1CC(C(=O)NCC2C(C)(C)C2(C)C)(C(N)=NO)C1. The molecule has 0 saturated heterocycles. The van der Waals surface area contributed by atoms with Gasteiger partial charge >= 0.3 is 0 Å². The smallest absolute Gasteiger partial charge is 0.233 e. The Morgan fingerprint density at radius 2 is 1.80 bits per heavy atom. The molecule has 4 N–H and O–H groups in total. The molecule has 5 nitrogen and oxygen atoms in total. The van der Waals surface area contributed by atoms with Crippen molar-refractivity contribution < 1.29 is 10.0 Å². The Morgan fingerprint density at radius 3 is 2.15 bits per heavy atom. The molecule has 0 radical (unpaired) electrons. The van der Waals surface area contributed by atoms with Crippen LogP contribution in [0.25, 0.3) is 0 Å². The molecule has 1 amide bonds. The molecule has 2 fully saturated rings. The molecule has 0 aliphatic heterocycles. The quantitative estimate of drug-likeness (QED) is 0.318. The van der Waals surface area contributed by atoms with E-state index in [0.717, 1.165) is 0 Å². The van der Waals surface area contributed by atoms with Crippen LogP contribution in [0.15, 0.2) is 5.16 Å². The lowest BCUT2D eigenvalue weighted by atomic mass is 9.61. The summed E-state index contributed by atoms with van der Waals surface area (Å²) in [5, 5.41) is 15.0. The first kappa shape index (κ1) is 15.1. The predicted molar refractivity (Wildman–Crippen MR) is 78.3 cm³/mol. The fourth-order valence-electron chi connectivity index (χ4n) is 3.94. The lowest BCUT2D eigenvalue weighted by Crippen LogP contribution is -2.57. The number of amidine groups is 1. The van der Waals surface area contributed by atoms with Crippen LogP contribution in [0.5, 0.6) is 0 Å². The molecular weight excluding hydrogens is 254 g/mol. The lowest BCUT2D eigenvalue weighted by Gasteiger charge is -2.43. The van der Waals surface area contributed by atoms with Crippen LogP contribution in [0, 0.1) is 28.1 Å². The molecule has 2 rings (SSSR count). The minimum Gasteiger partial charge on any atom is -0.409 e. The number of hydrogen-bond donors (Lipinski definition) is 3. The maximum Gasteiger partial charge on any atom is 0.233 e. The highest BCUT2D eigenvalue weighted by Crippen LogP contribution is 2.68. The van der Waals surface area contributed by atoms with Gasteiger partial charge in [-0.25, -0.2) is 0 Å². The number of carbonyl (C=O) groups excluding carboxylic acids is 1. The van der Waals surface area contributed by atoms with Gasteiger partial charge in [-0.1, -0.05) is 39.8 Å². The van der Waals surface area contributed by atoms with Gasteiger partial charge in [0.25, 0.3) is 0 Å². The Kier molecular flexibility index (Phi) is 3.30. The molecular formula is C15H27N3O2. The predicted octanol–water partition coefficient (Wildman–Crippen LogP) is 1.95. The van der Waals surface area contributed by atoms with Crippen LogP contribution >= 0.6 is 0 Å². The standard InChI is InChI=1S/C15H27N3O2/c1-9-6-15(7-9,11(16)18-20)12(19)17-8-10-13(2,3)14(10,4)5/h9-10,20H,6-8H2,1-5H3,(H2,16,18)(H,17,19). The molecule has 0 aromatic heterocycles. The van der Waals surface area contributed by atoms with E-state index in [1.807, 2.05) is 0 Å². The molecule has 2 aliphatic carbocycles. The van der Waals surface area contributed by atoms with E-state index < -0.39 is 5.41 Å². The summed E-state index contributed by atoms with van der Waals surface area (Å²) in [6.07, 6.45) is 1.32. The fourth-order valence-corrected chi connectivity index (χ4v) is 3.94. The molecule has 0 aromatic carbocycles. The van der Waals surface area contributed by atoms with E-state index in [2.05, 4.69) is 45.1 Å². The third-order valence-electron chi connectivity index (χ3n) is 6.21. The van der Waals surface area contributed by atoms with Crippen LogP contribution in [0.2, 0.25) is 0 Å². The molecule has 5 heteroatoms. The van der Waals surface area contributed by atoms with Gasteiger partial charge in [0, 0.05) is 6.54 Å². The molecule has 0 bridgehead atoms. The van der Waals surface area contributed by atoms with E-state index in [9.17, 15) is 4.79 Å². The first-order chi connectivity index (χ1) is 9.09. The van der Waals surface area contributed by atoms with Gasteiger partial charge in [-0.15, -0.1) is 0 Å². The van der Waals surface area contributed by atoms with Gasteiger partial charge in [-0.05, 0) is 35.5 Å². The van der Waals surface area contributed by atoms with Crippen molar-refractivity contribution in [2.45, 2.75) is 47.5 Å². The van der Waals surface area contributed by atoms with Gasteiger partial charge in [-0.2, -0.15) is 0 Å². The van der Waals surface area contributed by atoms with E-state index in [1.54, 1.807) is 0 Å². The van der Waals surface area contributed by atoms with Crippen molar-refractivity contribution in [3.8, 4) is 0 Å². The highest BCUT2D eigenvalue weighted by atomic mass is 16.4. The van der Waals surface area contributed by atoms with Gasteiger partial charge in [0.05, 0.1) is 0 Å². The number of carbonyl (C=O) groups is 1. The number of nitrogens with one attached hydrogen (secondary N) is 1. The number of nitrogens with two attached hydrogens (primary N) is 1. The summed E-state index contributed by atoms with van der Waals surface area (Å²) in [7, 11) is 0. The molecule has 114 valence electrons. The maximum absolute atomic E-state index is 12.5. The van der Waals surface area contributed by atoms with Crippen molar-refractivity contribution in [3.63, 3.8) is 0 Å². The highest BCUT2D eigenvalue weighted by molar-refractivity contribution is 6.07. The van der Waals surface area contributed by atoms with Crippen molar-refractivity contribution in [1.82, 2.24) is 5.32 Å². The molecule has 0 spiro atoms. The summed E-state index contributed by atoms with van der Waals surface area (Å²) in [6.45, 7) is 11.7. The molecule has 2 saturated carbocycles. The second-order valence-corrected chi connectivity index (χ2v) is 7.79. The summed E-state index contributed by atoms with van der Waals surface area (Å²) in [5.74, 6) is 0.863. The first-order valence-corrected chi connectivity index (χ1v) is 7.36. The minimum absolute atomic E-state index is 0.0439. The van der Waals surface area contributed by atoms with Crippen molar-refractivity contribution >= 4 is 11.7 Å². The molecule has 20 heavy (non-hydrogen) atoms. The lowest BCUT2D eigenvalue weighted by molar-refractivity contribution is -0.133. The van der Waals surface area contributed by atoms with Crippen molar-refractivity contribution in [2.75, 3.05) is 6.54 Å². The monoisotopic (exact) mass is 281 g/mol. The average molecular weight is 281 g/mol. The van der Waals surface area contributed by atoms with E-state index in [-0.39, 0.29) is 22.6 Å². The van der Waals surface area contributed by atoms with Gasteiger partial charge < -0.3 is 16.3 Å². The summed E-state index contributed by atoms with van der Waals surface area (Å²) >= 11 is 0. The summed E-state index contributed by atoms with van der Waals surface area (Å²) in [6, 6.07) is 0. The van der Waals surface area contributed by atoms with Crippen molar-refractivity contribution in [2.24, 2.45) is 39.0 Å². The van der Waals surface area contributed by atoms with Crippen LogP contribution in [0.1, 0.15) is 47.5 Å². The Morgan fingerprint density at radius 1 is 1.30 bits per heavy atom. The number of amides is 1. The second kappa shape index (κ2) is 4.37. The summed E-state index contributed by atoms with van der Waals surface area (Å²) < 4.78 is 0. The molecule has 0 unspecified atom stereocenters. The zero-order valence-electron chi connectivity index (χ0n) is 13.2. The number of rotatable bonds is 4. The van der Waals surface area contributed by atoms with E-state index in [0.29, 0.717) is 31.2 Å². The third kappa shape index (κ3) is 1.90. The molecule has 0 aromatic rings. The summed E-state index contributed by atoms with van der Waals surface area (Å²) in [4.78, 5) is 12.5. The van der Waals surface area contributed by atoms with Crippen LogP contribution in [-0.4, -0.2) is 23.5 Å². The summed E-state index contributed by atoms with van der Waals surface area (Å²) in [5.41, 5.74) is 5.44. The normalized spacial score (nSPS) is 35.2. The maximum atomic E-state index is 12.5. The van der Waals surface area contributed by atoms with Gasteiger partial charge in [0.15, 0.2) is 5.84 Å². The van der Waals surface area contributed by atoms with Gasteiger partial charge in [-0.3, -0.25) is 4.79 Å². The van der Waals surface area contributed by atoms with E-state index in [4.69, 9.17) is 10.9 Å². The largest absolute Gasteiger partial charge is 0.409 e. The molecule has 2 aliphatic rings. The average Bonchev–Trinajstić information content (AvgIpc) is 2.71. The topological polar surface area (TPSA) is 87.7 Å². The number of hydrogen-bond acceptors (Lipinski definition) is 3.